The molecule has 2 atom stereocenters. The second-order valence-electron chi connectivity index (χ2n) is 10.6. The molecule has 2 aliphatic rings. The van der Waals surface area contributed by atoms with Crippen molar-refractivity contribution in [3.63, 3.8) is 0 Å². The maximum Gasteiger partial charge on any atom is 0.332 e. The summed E-state index contributed by atoms with van der Waals surface area (Å²) >= 11 is 0. The molecular formula is C31H32N8O4. The zero-order valence-electron chi connectivity index (χ0n) is 23.7. The summed E-state index contributed by atoms with van der Waals surface area (Å²) in [6.07, 6.45) is 0.965. The molecule has 2 saturated heterocycles. The molecule has 3 heterocycles. The van der Waals surface area contributed by atoms with Crippen molar-refractivity contribution in [2.45, 2.75) is 25.3 Å². The Morgan fingerprint density at radius 1 is 1.09 bits per heavy atom. The molecule has 3 aromatic carbocycles. The van der Waals surface area contributed by atoms with E-state index in [2.05, 4.69) is 22.2 Å². The van der Waals surface area contributed by atoms with E-state index >= 15 is 0 Å². The van der Waals surface area contributed by atoms with Crippen LogP contribution in [0.5, 0.6) is 5.75 Å². The third-order valence-electron chi connectivity index (χ3n) is 7.83. The summed E-state index contributed by atoms with van der Waals surface area (Å²) in [6, 6.07) is 20.3. The lowest BCUT2D eigenvalue weighted by Gasteiger charge is -2.46. The number of rotatable bonds is 8. The van der Waals surface area contributed by atoms with Crippen LogP contribution in [0.2, 0.25) is 0 Å². The third kappa shape index (κ3) is 5.40. The van der Waals surface area contributed by atoms with Crippen molar-refractivity contribution in [2.75, 3.05) is 19.6 Å². The van der Waals surface area contributed by atoms with Gasteiger partial charge in [-0.05, 0) is 41.0 Å². The van der Waals surface area contributed by atoms with Gasteiger partial charge in [0.1, 0.15) is 23.5 Å². The van der Waals surface area contributed by atoms with Crippen LogP contribution >= 0.6 is 0 Å². The quantitative estimate of drug-likeness (QED) is 0.307. The summed E-state index contributed by atoms with van der Waals surface area (Å²) in [6.45, 7) is 4.64. The minimum absolute atomic E-state index is 0.00907. The summed E-state index contributed by atoms with van der Waals surface area (Å²) in [4.78, 5) is 44.4. The molecule has 0 aliphatic carbocycles. The van der Waals surface area contributed by atoms with Crippen molar-refractivity contribution in [3.05, 3.63) is 102 Å². The highest BCUT2D eigenvalue weighted by atomic mass is 16.3. The molecule has 12 nitrogen and oxygen atoms in total. The zero-order chi connectivity index (χ0) is 30.1. The zero-order valence-corrected chi connectivity index (χ0v) is 23.7. The fourth-order valence-electron chi connectivity index (χ4n) is 5.79. The number of aromatic hydroxyl groups is 1. The Morgan fingerprint density at radius 3 is 2.67 bits per heavy atom. The number of amides is 4. The van der Waals surface area contributed by atoms with Crippen LogP contribution < -0.4 is 5.32 Å². The lowest BCUT2D eigenvalue weighted by atomic mass is 9.99. The predicted octanol–water partition coefficient (Wildman–Crippen LogP) is 2.54. The van der Waals surface area contributed by atoms with Crippen molar-refractivity contribution in [1.29, 1.82) is 0 Å². The minimum atomic E-state index is -0.983. The summed E-state index contributed by atoms with van der Waals surface area (Å²) in [7, 11) is 1.81. The van der Waals surface area contributed by atoms with Crippen LogP contribution in [0.3, 0.4) is 0 Å². The van der Waals surface area contributed by atoms with Gasteiger partial charge in [0.15, 0.2) is 0 Å². The van der Waals surface area contributed by atoms with Gasteiger partial charge in [-0.2, -0.15) is 5.01 Å². The van der Waals surface area contributed by atoms with Gasteiger partial charge in [0.2, 0.25) is 5.91 Å². The number of aryl methyl sites for hydroxylation is 1. The van der Waals surface area contributed by atoms with Crippen molar-refractivity contribution in [2.24, 2.45) is 7.05 Å². The van der Waals surface area contributed by atoms with Crippen LogP contribution in [0.1, 0.15) is 22.7 Å². The topological polar surface area (TPSA) is 127 Å². The van der Waals surface area contributed by atoms with Gasteiger partial charge < -0.3 is 20.2 Å². The van der Waals surface area contributed by atoms with E-state index in [4.69, 9.17) is 0 Å². The van der Waals surface area contributed by atoms with E-state index < -0.39 is 12.2 Å². The van der Waals surface area contributed by atoms with Gasteiger partial charge in [0, 0.05) is 20.1 Å². The van der Waals surface area contributed by atoms with E-state index in [-0.39, 0.29) is 49.8 Å². The number of nitrogens with one attached hydrogen (secondary N) is 1. The lowest BCUT2D eigenvalue weighted by molar-refractivity contribution is -0.158. The second kappa shape index (κ2) is 11.6. The van der Waals surface area contributed by atoms with Crippen LogP contribution in [-0.4, -0.2) is 83.6 Å². The number of phenolic OH excluding ortho intramolecular Hbond substituents is 1. The molecule has 0 saturated carbocycles. The number of benzene rings is 3. The van der Waals surface area contributed by atoms with Crippen LogP contribution in [-0.2, 0) is 29.7 Å². The number of phenols is 1. The molecule has 0 spiro atoms. The van der Waals surface area contributed by atoms with Crippen molar-refractivity contribution < 1.29 is 19.5 Å². The number of urea groups is 1. The molecule has 2 aliphatic heterocycles. The minimum Gasteiger partial charge on any atom is -0.508 e. The standard InChI is InChI=1S/C31H32N8O4/c1-3-14-37(31(43)32-17-21-8-5-4-6-9-21)38-20-28(41)39-27(38)19-36(30(42)29(39)23-10-7-11-24(40)16-23)18-22-12-13-25-26(15-22)35(2)34-33-25/h3-13,15-16,27,29,40H,1,14,17-20H2,2H3,(H,32,43)/t27-,29?/m1/s1. The van der Waals surface area contributed by atoms with Crippen LogP contribution in [0.25, 0.3) is 11.0 Å². The highest BCUT2D eigenvalue weighted by Crippen LogP contribution is 2.37. The first-order valence-electron chi connectivity index (χ1n) is 14.0. The highest BCUT2D eigenvalue weighted by molar-refractivity contribution is 5.92. The SMILES string of the molecule is C=CCN(C(=O)NCc1ccccc1)N1CC(=O)N2C(c3cccc(O)c3)C(=O)N(Cc3ccc4nnn(C)c4c3)C[C@@H]21. The Balaban J connectivity index is 1.33. The Hall–Kier alpha value is -5.23. The smallest absolute Gasteiger partial charge is 0.332 e. The third-order valence-corrected chi connectivity index (χ3v) is 7.83. The average Bonchev–Trinajstić information content (AvgIpc) is 3.54. The highest BCUT2D eigenvalue weighted by Gasteiger charge is 2.52. The van der Waals surface area contributed by atoms with Gasteiger partial charge in [-0.3, -0.25) is 14.6 Å². The van der Waals surface area contributed by atoms with Crippen molar-refractivity contribution in [3.8, 4) is 5.75 Å². The van der Waals surface area contributed by atoms with Gasteiger partial charge >= 0.3 is 6.03 Å². The van der Waals surface area contributed by atoms with Crippen LogP contribution in [0.15, 0.2) is 85.5 Å². The Bertz CT molecular complexity index is 1690. The van der Waals surface area contributed by atoms with Gasteiger partial charge in [-0.1, -0.05) is 59.8 Å². The number of hydrazine groups is 1. The molecule has 1 unspecified atom stereocenters. The van der Waals surface area contributed by atoms with E-state index in [1.165, 1.54) is 22.0 Å². The van der Waals surface area contributed by atoms with E-state index in [1.54, 1.807) is 39.8 Å². The van der Waals surface area contributed by atoms with Crippen LogP contribution in [0, 0.1) is 0 Å². The summed E-state index contributed by atoms with van der Waals surface area (Å²) in [5.41, 5.74) is 3.87. The molecule has 6 rings (SSSR count). The lowest BCUT2D eigenvalue weighted by Crippen LogP contribution is -2.62. The Labute approximate surface area is 248 Å². The molecule has 2 N–H and O–H groups in total. The van der Waals surface area contributed by atoms with Gasteiger partial charge in [-0.15, -0.1) is 11.7 Å². The van der Waals surface area contributed by atoms with Crippen molar-refractivity contribution in [1.82, 2.24) is 40.1 Å². The number of nitrogens with zero attached hydrogens (tertiary/aromatic N) is 7. The Kier molecular flexibility index (Phi) is 7.51. The van der Waals surface area contributed by atoms with E-state index in [0.717, 1.165) is 22.2 Å². The molecular weight excluding hydrogens is 548 g/mol. The van der Waals surface area contributed by atoms with E-state index in [9.17, 15) is 19.5 Å². The summed E-state index contributed by atoms with van der Waals surface area (Å²) in [5, 5.41) is 24.6. The maximum absolute atomic E-state index is 14.1. The Morgan fingerprint density at radius 2 is 1.91 bits per heavy atom. The largest absolute Gasteiger partial charge is 0.508 e. The van der Waals surface area contributed by atoms with E-state index in [0.29, 0.717) is 12.1 Å². The molecule has 4 amide bonds. The van der Waals surface area contributed by atoms with Crippen LogP contribution in [0.4, 0.5) is 4.79 Å². The fourth-order valence-corrected chi connectivity index (χ4v) is 5.79. The second-order valence-corrected chi connectivity index (χ2v) is 10.6. The molecule has 4 aromatic rings. The number of hydrogen-bond acceptors (Lipinski definition) is 7. The van der Waals surface area contributed by atoms with Gasteiger partial charge in [-0.25, -0.2) is 9.48 Å². The van der Waals surface area contributed by atoms with Gasteiger partial charge in [0.25, 0.3) is 5.91 Å². The number of carbonyl (C=O) groups is 3. The first-order chi connectivity index (χ1) is 20.8. The molecule has 0 radical (unpaired) electrons. The number of hydrogen-bond donors (Lipinski definition) is 2. The first kappa shape index (κ1) is 27.9. The predicted molar refractivity (Wildman–Crippen MR) is 158 cm³/mol. The summed E-state index contributed by atoms with van der Waals surface area (Å²) in [5.74, 6) is -0.576. The van der Waals surface area contributed by atoms with E-state index in [1.807, 2.05) is 48.5 Å². The normalized spacial score (nSPS) is 18.6. The molecule has 1 aromatic heterocycles. The molecule has 2 fully saturated rings. The summed E-state index contributed by atoms with van der Waals surface area (Å²) < 4.78 is 1.67. The fraction of sp³-hybridized carbons (Fsp3) is 0.258. The molecule has 12 heteroatoms. The molecule has 0 bridgehead atoms. The number of piperazine rings is 1. The van der Waals surface area contributed by atoms with Crippen molar-refractivity contribution >= 4 is 28.9 Å². The maximum atomic E-state index is 14.1. The number of fused-ring (bicyclic) bond motifs is 2. The van der Waals surface area contributed by atoms with Gasteiger partial charge in [0.05, 0.1) is 25.2 Å². The molecule has 43 heavy (non-hydrogen) atoms. The monoisotopic (exact) mass is 580 g/mol. The first-order valence-corrected chi connectivity index (χ1v) is 14.0. The molecule has 220 valence electrons. The number of carbonyl (C=O) groups excluding carboxylic acids is 3. The number of aromatic nitrogens is 3. The average molecular weight is 581 g/mol.